The molecule has 2 unspecified atom stereocenters. The molecule has 0 saturated carbocycles. The first kappa shape index (κ1) is 13.3. The van der Waals surface area contributed by atoms with Crippen LogP contribution in [-0.4, -0.2) is 24.5 Å². The molecule has 3 heteroatoms. The molecule has 3 nitrogen and oxygen atoms in total. The van der Waals surface area contributed by atoms with E-state index in [1.807, 2.05) is 6.07 Å². The largest absolute Gasteiger partial charge is 0.472 e. The van der Waals surface area contributed by atoms with Crippen molar-refractivity contribution >= 4 is 0 Å². The second kappa shape index (κ2) is 5.02. The number of likely N-dealkylation sites (N-methyl/N-ethyl adjacent to an activating group) is 1. The van der Waals surface area contributed by atoms with E-state index < -0.39 is 0 Å². The summed E-state index contributed by atoms with van der Waals surface area (Å²) in [6, 6.07) is 2.67. The molecule has 0 aliphatic heterocycles. The Labute approximate surface area is 98.6 Å². The van der Waals surface area contributed by atoms with Gasteiger partial charge in [-0.15, -0.1) is 0 Å². The van der Waals surface area contributed by atoms with Gasteiger partial charge in [-0.05, 0) is 25.5 Å². The van der Waals surface area contributed by atoms with Crippen LogP contribution in [0.25, 0.3) is 0 Å². The van der Waals surface area contributed by atoms with Gasteiger partial charge in [0.15, 0.2) is 0 Å². The fraction of sp³-hybridized carbons (Fsp3) is 0.692. The molecule has 1 aromatic rings. The second-order valence-electron chi connectivity index (χ2n) is 5.52. The van der Waals surface area contributed by atoms with Gasteiger partial charge < -0.3 is 10.2 Å². The molecule has 0 spiro atoms. The Morgan fingerprint density at radius 1 is 1.44 bits per heavy atom. The lowest BCUT2D eigenvalue weighted by atomic mass is 9.86. The summed E-state index contributed by atoms with van der Waals surface area (Å²) >= 11 is 0. The quantitative estimate of drug-likeness (QED) is 0.855. The van der Waals surface area contributed by atoms with Gasteiger partial charge in [-0.25, -0.2) is 0 Å². The molecule has 0 bridgehead atoms. The minimum Gasteiger partial charge on any atom is -0.472 e. The van der Waals surface area contributed by atoms with E-state index in [9.17, 15) is 0 Å². The van der Waals surface area contributed by atoms with Crippen LogP contribution in [0.5, 0.6) is 0 Å². The SMILES string of the molecule is CC(N(C)C(CN)c1ccoc1)C(C)(C)C. The molecule has 92 valence electrons. The van der Waals surface area contributed by atoms with Crippen molar-refractivity contribution < 1.29 is 4.42 Å². The summed E-state index contributed by atoms with van der Waals surface area (Å²) in [6.45, 7) is 9.59. The highest BCUT2D eigenvalue weighted by atomic mass is 16.3. The van der Waals surface area contributed by atoms with E-state index in [2.05, 4.69) is 39.6 Å². The van der Waals surface area contributed by atoms with Crippen LogP contribution in [0, 0.1) is 5.41 Å². The minimum absolute atomic E-state index is 0.230. The van der Waals surface area contributed by atoms with Crippen molar-refractivity contribution in [3.05, 3.63) is 24.2 Å². The summed E-state index contributed by atoms with van der Waals surface area (Å²) in [7, 11) is 2.13. The second-order valence-corrected chi connectivity index (χ2v) is 5.52. The van der Waals surface area contributed by atoms with Gasteiger partial charge in [0, 0.05) is 18.2 Å². The minimum atomic E-state index is 0.230. The van der Waals surface area contributed by atoms with E-state index in [1.54, 1.807) is 12.5 Å². The Morgan fingerprint density at radius 2 is 2.06 bits per heavy atom. The highest BCUT2D eigenvalue weighted by molar-refractivity contribution is 5.12. The van der Waals surface area contributed by atoms with E-state index in [0.29, 0.717) is 12.6 Å². The normalized spacial score (nSPS) is 16.4. The van der Waals surface area contributed by atoms with E-state index >= 15 is 0 Å². The Hall–Kier alpha value is -0.800. The smallest absolute Gasteiger partial charge is 0.0950 e. The maximum absolute atomic E-state index is 5.86. The van der Waals surface area contributed by atoms with Gasteiger partial charge in [-0.3, -0.25) is 4.90 Å². The van der Waals surface area contributed by atoms with Crippen LogP contribution in [0.1, 0.15) is 39.3 Å². The molecule has 1 aromatic heterocycles. The van der Waals surface area contributed by atoms with Crippen molar-refractivity contribution in [3.63, 3.8) is 0 Å². The zero-order chi connectivity index (χ0) is 12.3. The molecule has 2 N–H and O–H groups in total. The molecular weight excluding hydrogens is 200 g/mol. The number of hydrogen-bond donors (Lipinski definition) is 1. The summed E-state index contributed by atoms with van der Waals surface area (Å²) in [5.74, 6) is 0. The molecule has 0 aliphatic rings. The fourth-order valence-electron chi connectivity index (χ4n) is 1.88. The van der Waals surface area contributed by atoms with E-state index in [1.165, 1.54) is 0 Å². The van der Waals surface area contributed by atoms with Crippen LogP contribution in [0.2, 0.25) is 0 Å². The van der Waals surface area contributed by atoms with Crippen molar-refractivity contribution in [3.8, 4) is 0 Å². The molecule has 0 fully saturated rings. The summed E-state index contributed by atoms with van der Waals surface area (Å²) in [5, 5.41) is 0. The summed E-state index contributed by atoms with van der Waals surface area (Å²) in [4.78, 5) is 2.32. The number of nitrogens with zero attached hydrogens (tertiary/aromatic N) is 1. The molecule has 0 amide bonds. The van der Waals surface area contributed by atoms with Crippen molar-refractivity contribution in [2.75, 3.05) is 13.6 Å². The number of nitrogens with two attached hydrogens (primary N) is 1. The topological polar surface area (TPSA) is 42.4 Å². The van der Waals surface area contributed by atoms with E-state index in [-0.39, 0.29) is 11.5 Å². The Morgan fingerprint density at radius 3 is 2.44 bits per heavy atom. The third kappa shape index (κ3) is 2.86. The van der Waals surface area contributed by atoms with Crippen molar-refractivity contribution in [1.82, 2.24) is 4.90 Å². The lowest BCUT2D eigenvalue weighted by Crippen LogP contribution is -2.43. The van der Waals surface area contributed by atoms with Gasteiger partial charge in [0.25, 0.3) is 0 Å². The van der Waals surface area contributed by atoms with Gasteiger partial charge >= 0.3 is 0 Å². The highest BCUT2D eigenvalue weighted by Gasteiger charge is 2.29. The third-order valence-electron chi connectivity index (χ3n) is 3.51. The maximum atomic E-state index is 5.86. The van der Waals surface area contributed by atoms with Crippen LogP contribution in [-0.2, 0) is 0 Å². The average Bonchev–Trinajstić information content (AvgIpc) is 2.69. The maximum Gasteiger partial charge on any atom is 0.0950 e. The molecule has 0 aromatic carbocycles. The lowest BCUT2D eigenvalue weighted by Gasteiger charge is -2.39. The number of furan rings is 1. The molecule has 2 atom stereocenters. The Bertz CT molecular complexity index is 300. The first-order chi connectivity index (χ1) is 7.38. The van der Waals surface area contributed by atoms with E-state index in [0.717, 1.165) is 5.56 Å². The molecule has 1 rings (SSSR count). The van der Waals surface area contributed by atoms with Crippen molar-refractivity contribution in [2.24, 2.45) is 11.1 Å². The molecular formula is C13H24N2O. The fourth-order valence-corrected chi connectivity index (χ4v) is 1.88. The van der Waals surface area contributed by atoms with E-state index in [4.69, 9.17) is 10.2 Å². The number of rotatable bonds is 4. The van der Waals surface area contributed by atoms with Crippen LogP contribution >= 0.6 is 0 Å². The van der Waals surface area contributed by atoms with Gasteiger partial charge in [-0.1, -0.05) is 20.8 Å². The Kier molecular flexibility index (Phi) is 4.16. The predicted molar refractivity (Wildman–Crippen MR) is 67.2 cm³/mol. The van der Waals surface area contributed by atoms with Crippen LogP contribution < -0.4 is 5.73 Å². The molecule has 0 saturated heterocycles. The van der Waals surface area contributed by atoms with Gasteiger partial charge in [-0.2, -0.15) is 0 Å². The van der Waals surface area contributed by atoms with Gasteiger partial charge in [0.05, 0.1) is 18.6 Å². The van der Waals surface area contributed by atoms with Gasteiger partial charge in [0.1, 0.15) is 0 Å². The lowest BCUT2D eigenvalue weighted by molar-refractivity contribution is 0.0998. The highest BCUT2D eigenvalue weighted by Crippen LogP contribution is 2.29. The van der Waals surface area contributed by atoms with Crippen LogP contribution in [0.3, 0.4) is 0 Å². The first-order valence-electron chi connectivity index (χ1n) is 5.82. The standard InChI is InChI=1S/C13H24N2O/c1-10(13(2,3)4)15(5)12(8-14)11-6-7-16-9-11/h6-7,9-10,12H,8,14H2,1-5H3. The molecule has 1 heterocycles. The van der Waals surface area contributed by atoms with Crippen molar-refractivity contribution in [2.45, 2.75) is 39.8 Å². The third-order valence-corrected chi connectivity index (χ3v) is 3.51. The Balaban J connectivity index is 2.82. The zero-order valence-electron chi connectivity index (χ0n) is 11.0. The summed E-state index contributed by atoms with van der Waals surface area (Å²) < 4.78 is 5.13. The summed E-state index contributed by atoms with van der Waals surface area (Å²) in [6.07, 6.45) is 3.48. The molecule has 16 heavy (non-hydrogen) atoms. The van der Waals surface area contributed by atoms with Crippen LogP contribution in [0.15, 0.2) is 23.0 Å². The summed E-state index contributed by atoms with van der Waals surface area (Å²) in [5.41, 5.74) is 7.26. The van der Waals surface area contributed by atoms with Gasteiger partial charge in [0.2, 0.25) is 0 Å². The monoisotopic (exact) mass is 224 g/mol. The molecule has 0 radical (unpaired) electrons. The first-order valence-corrected chi connectivity index (χ1v) is 5.82. The number of hydrogen-bond acceptors (Lipinski definition) is 3. The predicted octanol–water partition coefficient (Wildman–Crippen LogP) is 2.65. The average molecular weight is 224 g/mol. The zero-order valence-corrected chi connectivity index (χ0v) is 11.0. The van der Waals surface area contributed by atoms with Crippen molar-refractivity contribution in [1.29, 1.82) is 0 Å². The molecule has 0 aliphatic carbocycles. The van der Waals surface area contributed by atoms with Crippen LogP contribution in [0.4, 0.5) is 0 Å².